The van der Waals surface area contributed by atoms with Crippen molar-refractivity contribution in [3.63, 3.8) is 0 Å². The summed E-state index contributed by atoms with van der Waals surface area (Å²) in [7, 11) is 0. The third kappa shape index (κ3) is 4.38. The van der Waals surface area contributed by atoms with Gasteiger partial charge in [0.15, 0.2) is 5.78 Å². The smallest absolute Gasteiger partial charge is 0.187 e. The lowest BCUT2D eigenvalue weighted by molar-refractivity contribution is -0.113. The molecule has 2 nitrogen and oxygen atoms in total. The van der Waals surface area contributed by atoms with Gasteiger partial charge in [0, 0.05) is 33.2 Å². The number of piperidine rings is 1. The van der Waals surface area contributed by atoms with Crippen LogP contribution in [0, 0.1) is 0 Å². The molecule has 128 valence electrons. The van der Waals surface area contributed by atoms with Crippen LogP contribution in [0.1, 0.15) is 18.1 Å². The number of nitrogens with zero attached hydrogens (tertiary/aromatic N) is 1. The average Bonchev–Trinajstić information content (AvgIpc) is 2.62. The minimum Gasteiger partial charge on any atom is -0.295 e. The fraction of sp³-hybridized carbons (Fsp3) is 0.190. The lowest BCUT2D eigenvalue weighted by Crippen LogP contribution is -2.37. The number of likely N-dealkylation sites (tertiary alicyclic amines) is 1. The molecule has 2 aromatic rings. The molecule has 3 rings (SSSR count). The number of carbonyl (C=O) groups excluding carboxylic acids is 1. The molecule has 0 saturated carbocycles. The Kier molecular flexibility index (Phi) is 6.05. The van der Waals surface area contributed by atoms with Gasteiger partial charge in [0.25, 0.3) is 0 Å². The first kappa shape index (κ1) is 18.3. The number of rotatable bonds is 3. The minimum absolute atomic E-state index is 0.135. The van der Waals surface area contributed by atoms with Crippen molar-refractivity contribution in [3.8, 4) is 0 Å². The highest BCUT2D eigenvalue weighted by atomic mass is 79.9. The van der Waals surface area contributed by atoms with Crippen LogP contribution in [-0.4, -0.2) is 30.3 Å². The number of carbonyl (C=O) groups is 1. The highest BCUT2D eigenvalue weighted by molar-refractivity contribution is 9.10. The third-order valence-electron chi connectivity index (χ3n) is 4.29. The Morgan fingerprint density at radius 3 is 1.72 bits per heavy atom. The van der Waals surface area contributed by atoms with E-state index in [1.54, 1.807) is 0 Å². The Morgan fingerprint density at radius 2 is 1.32 bits per heavy atom. The lowest BCUT2D eigenvalue weighted by Gasteiger charge is -2.28. The number of halogens is 2. The molecule has 1 saturated heterocycles. The molecule has 1 aliphatic heterocycles. The van der Waals surface area contributed by atoms with Gasteiger partial charge in [-0.3, -0.25) is 9.69 Å². The molecule has 1 aliphatic rings. The van der Waals surface area contributed by atoms with E-state index in [4.69, 9.17) is 0 Å². The van der Waals surface area contributed by atoms with Crippen LogP contribution in [0.4, 0.5) is 0 Å². The largest absolute Gasteiger partial charge is 0.295 e. The monoisotopic (exact) mass is 459 g/mol. The Bertz CT molecular complexity index is 787. The average molecular weight is 461 g/mol. The van der Waals surface area contributed by atoms with Gasteiger partial charge in [-0.15, -0.1) is 0 Å². The van der Waals surface area contributed by atoms with Crippen molar-refractivity contribution in [2.45, 2.75) is 6.92 Å². The van der Waals surface area contributed by atoms with E-state index < -0.39 is 0 Å². The Hall–Kier alpha value is -1.49. The maximum absolute atomic E-state index is 13.0. The highest BCUT2D eigenvalue weighted by Gasteiger charge is 2.25. The van der Waals surface area contributed by atoms with Crippen molar-refractivity contribution in [2.24, 2.45) is 0 Å². The van der Waals surface area contributed by atoms with Crippen LogP contribution in [0.5, 0.6) is 0 Å². The van der Waals surface area contributed by atoms with Gasteiger partial charge in [-0.05, 0) is 42.0 Å². The Balaban J connectivity index is 2.00. The molecule has 2 aromatic carbocycles. The van der Waals surface area contributed by atoms with E-state index in [-0.39, 0.29) is 5.78 Å². The van der Waals surface area contributed by atoms with Crippen molar-refractivity contribution < 1.29 is 4.79 Å². The van der Waals surface area contributed by atoms with Crippen LogP contribution in [0.15, 0.2) is 68.6 Å². The summed E-state index contributed by atoms with van der Waals surface area (Å²) in [5.74, 6) is 0.135. The Morgan fingerprint density at radius 1 is 0.880 bits per heavy atom. The molecule has 0 aromatic heterocycles. The normalized spacial score (nSPS) is 18.9. The standard InChI is InChI=1S/C21H19Br2NO/c1-2-24-13-17(11-15-7-3-5-9-19(15)22)21(25)18(14-24)12-16-8-4-6-10-20(16)23/h3-12H,2,13-14H2,1H3. The summed E-state index contributed by atoms with van der Waals surface area (Å²) in [5, 5.41) is 0. The molecule has 1 fully saturated rings. The first-order valence-corrected chi connectivity index (χ1v) is 9.84. The van der Waals surface area contributed by atoms with Gasteiger partial charge in [0.2, 0.25) is 0 Å². The van der Waals surface area contributed by atoms with E-state index in [2.05, 4.69) is 43.7 Å². The van der Waals surface area contributed by atoms with Gasteiger partial charge in [-0.2, -0.15) is 0 Å². The van der Waals surface area contributed by atoms with E-state index in [0.29, 0.717) is 13.1 Å². The number of Topliss-reactive ketones (excluding diaryl/α,β-unsaturated/α-hetero) is 1. The van der Waals surface area contributed by atoms with Crippen molar-refractivity contribution in [1.29, 1.82) is 0 Å². The van der Waals surface area contributed by atoms with Gasteiger partial charge < -0.3 is 0 Å². The second-order valence-corrected chi connectivity index (χ2v) is 7.72. The zero-order valence-corrected chi connectivity index (χ0v) is 17.2. The predicted molar refractivity (Wildman–Crippen MR) is 111 cm³/mol. The van der Waals surface area contributed by atoms with Crippen LogP contribution in [0.3, 0.4) is 0 Å². The summed E-state index contributed by atoms with van der Waals surface area (Å²) in [6.07, 6.45) is 4.00. The molecule has 0 radical (unpaired) electrons. The molecule has 25 heavy (non-hydrogen) atoms. The van der Waals surface area contributed by atoms with Crippen molar-refractivity contribution in [1.82, 2.24) is 4.90 Å². The second kappa shape index (κ2) is 8.26. The number of hydrogen-bond donors (Lipinski definition) is 0. The maximum atomic E-state index is 13.0. The van der Waals surface area contributed by atoms with E-state index in [1.165, 1.54) is 0 Å². The van der Waals surface area contributed by atoms with Gasteiger partial charge in [0.05, 0.1) is 0 Å². The van der Waals surface area contributed by atoms with Gasteiger partial charge in [0.1, 0.15) is 0 Å². The van der Waals surface area contributed by atoms with E-state index in [1.807, 2.05) is 60.7 Å². The van der Waals surface area contributed by atoms with Crippen molar-refractivity contribution in [2.75, 3.05) is 19.6 Å². The summed E-state index contributed by atoms with van der Waals surface area (Å²) >= 11 is 7.13. The van der Waals surface area contributed by atoms with E-state index >= 15 is 0 Å². The molecule has 0 atom stereocenters. The number of benzene rings is 2. The quantitative estimate of drug-likeness (QED) is 0.557. The highest BCUT2D eigenvalue weighted by Crippen LogP contribution is 2.26. The van der Waals surface area contributed by atoms with Crippen LogP contribution in [0.2, 0.25) is 0 Å². The topological polar surface area (TPSA) is 20.3 Å². The zero-order valence-electron chi connectivity index (χ0n) is 14.0. The summed E-state index contributed by atoms with van der Waals surface area (Å²) in [6, 6.07) is 16.0. The maximum Gasteiger partial charge on any atom is 0.187 e. The molecular weight excluding hydrogens is 442 g/mol. The van der Waals surface area contributed by atoms with Crippen LogP contribution in [-0.2, 0) is 4.79 Å². The number of hydrogen-bond acceptors (Lipinski definition) is 2. The molecule has 0 spiro atoms. The fourth-order valence-electron chi connectivity index (χ4n) is 2.89. The van der Waals surface area contributed by atoms with Crippen LogP contribution in [0.25, 0.3) is 12.2 Å². The summed E-state index contributed by atoms with van der Waals surface area (Å²) in [4.78, 5) is 15.3. The minimum atomic E-state index is 0.135. The van der Waals surface area contributed by atoms with Crippen LogP contribution >= 0.6 is 31.9 Å². The third-order valence-corrected chi connectivity index (χ3v) is 5.73. The second-order valence-electron chi connectivity index (χ2n) is 6.01. The predicted octanol–water partition coefficient (Wildman–Crippen LogP) is 5.58. The molecule has 0 bridgehead atoms. The van der Waals surface area contributed by atoms with Gasteiger partial charge >= 0.3 is 0 Å². The first-order chi connectivity index (χ1) is 12.1. The number of ketones is 1. The molecular formula is C21H19Br2NO. The van der Waals surface area contributed by atoms with Crippen molar-refractivity contribution in [3.05, 3.63) is 79.7 Å². The molecule has 4 heteroatoms. The summed E-state index contributed by atoms with van der Waals surface area (Å²) in [5.41, 5.74) is 3.73. The molecule has 0 aliphatic carbocycles. The molecule has 0 N–H and O–H groups in total. The lowest BCUT2D eigenvalue weighted by atomic mass is 9.94. The first-order valence-electron chi connectivity index (χ1n) is 8.25. The molecule has 0 unspecified atom stereocenters. The van der Waals surface area contributed by atoms with E-state index in [9.17, 15) is 4.79 Å². The molecule has 1 heterocycles. The zero-order chi connectivity index (χ0) is 17.8. The number of likely N-dealkylation sites (N-methyl/N-ethyl adjacent to an activating group) is 1. The van der Waals surface area contributed by atoms with Gasteiger partial charge in [-0.25, -0.2) is 0 Å². The fourth-order valence-corrected chi connectivity index (χ4v) is 3.69. The SMILES string of the molecule is CCN1CC(=Cc2ccccc2Br)C(=O)C(=Cc2ccccc2Br)C1. The summed E-state index contributed by atoms with van der Waals surface area (Å²) < 4.78 is 2.00. The van der Waals surface area contributed by atoms with Crippen LogP contribution < -0.4 is 0 Å². The van der Waals surface area contributed by atoms with Gasteiger partial charge in [-0.1, -0.05) is 75.2 Å². The Labute approximate surface area is 165 Å². The van der Waals surface area contributed by atoms with Crippen molar-refractivity contribution >= 4 is 49.8 Å². The summed E-state index contributed by atoms with van der Waals surface area (Å²) in [6.45, 7) is 4.41. The van der Waals surface area contributed by atoms with E-state index in [0.717, 1.165) is 37.8 Å². The molecule has 0 amide bonds.